The first kappa shape index (κ1) is 8.19. The molecule has 1 aliphatic rings. The summed E-state index contributed by atoms with van der Waals surface area (Å²) in [6.07, 6.45) is 1.74. The number of nitrogen functional groups attached to an aromatic ring is 1. The number of hydrogen-bond donors (Lipinski definition) is 1. The van der Waals surface area contributed by atoms with Gasteiger partial charge in [-0.05, 0) is 0 Å². The molecule has 0 atom stereocenters. The highest BCUT2D eigenvalue weighted by Crippen LogP contribution is 2.25. The molecule has 0 aliphatic carbocycles. The van der Waals surface area contributed by atoms with Gasteiger partial charge >= 0.3 is 0 Å². The molecule has 2 N–H and O–H groups in total. The highest BCUT2D eigenvalue weighted by atomic mass is 32.2. The van der Waals surface area contributed by atoms with Crippen molar-refractivity contribution in [1.29, 1.82) is 0 Å². The minimum atomic E-state index is 0.809. The number of nitrogens with two attached hydrogens (primary N) is 1. The summed E-state index contributed by atoms with van der Waals surface area (Å²) in [5.74, 6) is 2.42. The van der Waals surface area contributed by atoms with Gasteiger partial charge in [-0.1, -0.05) is 11.3 Å². The quantitative estimate of drug-likeness (QED) is 0.743. The Labute approximate surface area is 80.0 Å². The number of rotatable bonds is 1. The second-order valence-electron chi connectivity index (χ2n) is 2.64. The summed E-state index contributed by atoms with van der Waals surface area (Å²) in [5, 5.41) is 1.89. The van der Waals surface area contributed by atoms with Gasteiger partial charge in [0.15, 0.2) is 5.13 Å². The van der Waals surface area contributed by atoms with Crippen LogP contribution in [-0.2, 0) is 0 Å². The van der Waals surface area contributed by atoms with Gasteiger partial charge in [-0.25, -0.2) is 4.98 Å². The lowest BCUT2D eigenvalue weighted by Gasteiger charge is -2.25. The van der Waals surface area contributed by atoms with Gasteiger partial charge in [0.1, 0.15) is 5.00 Å². The van der Waals surface area contributed by atoms with Crippen LogP contribution < -0.4 is 10.6 Å². The lowest BCUT2D eigenvalue weighted by molar-refractivity contribution is 0.853. The van der Waals surface area contributed by atoms with Gasteiger partial charge in [-0.3, -0.25) is 0 Å². The number of thiazole rings is 1. The fraction of sp³-hybridized carbons (Fsp3) is 0.571. The average Bonchev–Trinajstić information content (AvgIpc) is 2.54. The summed E-state index contributed by atoms with van der Waals surface area (Å²) in [4.78, 5) is 6.55. The van der Waals surface area contributed by atoms with Crippen molar-refractivity contribution < 1.29 is 0 Å². The molecule has 12 heavy (non-hydrogen) atoms. The van der Waals surface area contributed by atoms with Gasteiger partial charge in [0.2, 0.25) is 0 Å². The van der Waals surface area contributed by atoms with E-state index in [4.69, 9.17) is 5.73 Å². The topological polar surface area (TPSA) is 42.1 Å². The van der Waals surface area contributed by atoms with Crippen LogP contribution >= 0.6 is 23.1 Å². The largest absolute Gasteiger partial charge is 0.389 e. The third-order valence-corrected chi connectivity index (χ3v) is 3.62. The van der Waals surface area contributed by atoms with E-state index in [0.29, 0.717) is 0 Å². The molecule has 0 bridgehead atoms. The molecule has 1 fully saturated rings. The van der Waals surface area contributed by atoms with E-state index in [1.165, 1.54) is 11.5 Å². The van der Waals surface area contributed by atoms with E-state index >= 15 is 0 Å². The lowest BCUT2D eigenvalue weighted by atomic mass is 10.5. The van der Waals surface area contributed by atoms with Crippen LogP contribution in [-0.4, -0.2) is 29.6 Å². The minimum absolute atomic E-state index is 0.809. The first-order valence-corrected chi connectivity index (χ1v) is 5.87. The molecule has 2 rings (SSSR count). The number of thioether (sulfide) groups is 1. The standard InChI is InChI=1S/C7H11N3S2/c8-6-5-9-7(12-6)10-1-3-11-4-2-10/h5H,1-4,8H2. The van der Waals surface area contributed by atoms with Crippen LogP contribution in [0.4, 0.5) is 10.1 Å². The van der Waals surface area contributed by atoms with Crippen molar-refractivity contribution in [1.82, 2.24) is 4.98 Å². The molecule has 0 radical (unpaired) electrons. The molecular formula is C7H11N3S2. The SMILES string of the molecule is Nc1cnc(N2CCSCC2)s1. The van der Waals surface area contributed by atoms with Crippen LogP contribution in [0.2, 0.25) is 0 Å². The Morgan fingerprint density at radius 3 is 2.75 bits per heavy atom. The van der Waals surface area contributed by atoms with Crippen molar-refractivity contribution in [3.63, 3.8) is 0 Å². The summed E-state index contributed by atoms with van der Waals surface area (Å²) < 4.78 is 0. The Hall–Kier alpha value is -0.420. The molecular weight excluding hydrogens is 190 g/mol. The summed E-state index contributed by atoms with van der Waals surface area (Å²) in [6, 6.07) is 0. The van der Waals surface area contributed by atoms with E-state index in [1.54, 1.807) is 17.5 Å². The molecule has 1 aromatic rings. The van der Waals surface area contributed by atoms with E-state index in [1.807, 2.05) is 11.8 Å². The third kappa shape index (κ3) is 1.67. The van der Waals surface area contributed by atoms with E-state index in [-0.39, 0.29) is 0 Å². The summed E-state index contributed by atoms with van der Waals surface area (Å²) in [6.45, 7) is 2.22. The zero-order valence-electron chi connectivity index (χ0n) is 6.69. The molecule has 0 amide bonds. The van der Waals surface area contributed by atoms with Crippen molar-refractivity contribution in [2.24, 2.45) is 0 Å². The van der Waals surface area contributed by atoms with Gasteiger partial charge in [-0.15, -0.1) is 0 Å². The number of nitrogens with zero attached hydrogens (tertiary/aromatic N) is 2. The maximum Gasteiger partial charge on any atom is 0.187 e. The van der Waals surface area contributed by atoms with E-state index in [2.05, 4.69) is 9.88 Å². The third-order valence-electron chi connectivity index (χ3n) is 1.79. The molecule has 66 valence electrons. The number of hydrogen-bond acceptors (Lipinski definition) is 5. The Bertz CT molecular complexity index is 255. The fourth-order valence-corrected chi connectivity index (χ4v) is 2.81. The maximum absolute atomic E-state index is 5.61. The molecule has 0 spiro atoms. The van der Waals surface area contributed by atoms with Crippen LogP contribution in [0, 0.1) is 0 Å². The molecule has 1 saturated heterocycles. The van der Waals surface area contributed by atoms with Crippen LogP contribution in [0.15, 0.2) is 6.20 Å². The normalized spacial score (nSPS) is 18.2. The summed E-state index contributed by atoms with van der Waals surface area (Å²) in [5.41, 5.74) is 5.61. The van der Waals surface area contributed by atoms with Gasteiger partial charge in [0.25, 0.3) is 0 Å². The Morgan fingerprint density at radius 2 is 2.17 bits per heavy atom. The Balaban J connectivity index is 2.08. The van der Waals surface area contributed by atoms with E-state index in [0.717, 1.165) is 23.2 Å². The monoisotopic (exact) mass is 201 g/mol. The van der Waals surface area contributed by atoms with Crippen molar-refractivity contribution in [3.05, 3.63) is 6.20 Å². The number of aromatic nitrogens is 1. The molecule has 1 aliphatic heterocycles. The van der Waals surface area contributed by atoms with Crippen molar-refractivity contribution >= 4 is 33.2 Å². The Kier molecular flexibility index (Phi) is 2.41. The zero-order valence-corrected chi connectivity index (χ0v) is 8.33. The van der Waals surface area contributed by atoms with Crippen molar-refractivity contribution in [3.8, 4) is 0 Å². The molecule has 0 unspecified atom stereocenters. The predicted molar refractivity (Wildman–Crippen MR) is 56.1 cm³/mol. The fourth-order valence-electron chi connectivity index (χ4n) is 1.18. The smallest absolute Gasteiger partial charge is 0.187 e. The van der Waals surface area contributed by atoms with Gasteiger partial charge in [0.05, 0.1) is 6.20 Å². The van der Waals surface area contributed by atoms with Crippen LogP contribution in [0.1, 0.15) is 0 Å². The molecule has 1 aromatic heterocycles. The first-order valence-electron chi connectivity index (χ1n) is 3.90. The van der Waals surface area contributed by atoms with Crippen LogP contribution in [0.25, 0.3) is 0 Å². The van der Waals surface area contributed by atoms with Gasteiger partial charge in [-0.2, -0.15) is 11.8 Å². The minimum Gasteiger partial charge on any atom is -0.389 e. The van der Waals surface area contributed by atoms with E-state index in [9.17, 15) is 0 Å². The highest BCUT2D eigenvalue weighted by Gasteiger charge is 2.13. The van der Waals surface area contributed by atoms with Crippen LogP contribution in [0.3, 0.4) is 0 Å². The number of anilines is 2. The Morgan fingerprint density at radius 1 is 1.42 bits per heavy atom. The predicted octanol–water partition coefficient (Wildman–Crippen LogP) is 1.28. The molecule has 0 saturated carbocycles. The maximum atomic E-state index is 5.61. The summed E-state index contributed by atoms with van der Waals surface area (Å²) >= 11 is 3.58. The lowest BCUT2D eigenvalue weighted by Crippen LogP contribution is -2.32. The molecule has 5 heteroatoms. The molecule has 2 heterocycles. The van der Waals surface area contributed by atoms with Crippen molar-refractivity contribution in [2.45, 2.75) is 0 Å². The second-order valence-corrected chi connectivity index (χ2v) is 4.91. The molecule has 3 nitrogen and oxygen atoms in total. The summed E-state index contributed by atoms with van der Waals surface area (Å²) in [7, 11) is 0. The van der Waals surface area contributed by atoms with Gasteiger partial charge in [0, 0.05) is 24.6 Å². The average molecular weight is 201 g/mol. The first-order chi connectivity index (χ1) is 5.86. The van der Waals surface area contributed by atoms with Crippen molar-refractivity contribution in [2.75, 3.05) is 35.2 Å². The highest BCUT2D eigenvalue weighted by molar-refractivity contribution is 7.99. The van der Waals surface area contributed by atoms with Crippen LogP contribution in [0.5, 0.6) is 0 Å². The second kappa shape index (κ2) is 3.53. The zero-order chi connectivity index (χ0) is 8.39. The van der Waals surface area contributed by atoms with Gasteiger partial charge < -0.3 is 10.6 Å². The molecule has 0 aromatic carbocycles. The van der Waals surface area contributed by atoms with E-state index < -0.39 is 0 Å².